The van der Waals surface area contributed by atoms with E-state index < -0.39 is 0 Å². The van der Waals surface area contributed by atoms with Crippen LogP contribution in [0.3, 0.4) is 0 Å². The fourth-order valence-electron chi connectivity index (χ4n) is 3.13. The van der Waals surface area contributed by atoms with Crippen molar-refractivity contribution in [3.8, 4) is 11.5 Å². The third-order valence-electron chi connectivity index (χ3n) is 4.84. The van der Waals surface area contributed by atoms with Crippen molar-refractivity contribution in [2.24, 2.45) is 10.9 Å². The summed E-state index contributed by atoms with van der Waals surface area (Å²) in [6, 6.07) is 22.6. The number of carbonyl (C=O) groups excluding carboxylic acids is 1. The van der Waals surface area contributed by atoms with E-state index in [2.05, 4.69) is 10.4 Å². The van der Waals surface area contributed by atoms with Crippen molar-refractivity contribution in [2.75, 3.05) is 18.5 Å². The van der Waals surface area contributed by atoms with Crippen LogP contribution in [-0.2, 0) is 0 Å². The van der Waals surface area contributed by atoms with Crippen LogP contribution in [0.2, 0.25) is 0 Å². The molecule has 0 unspecified atom stereocenters. The van der Waals surface area contributed by atoms with E-state index in [-0.39, 0.29) is 18.3 Å². The number of rotatable bonds is 11. The molecule has 3 aromatic rings. The number of nitrogens with zero attached hydrogens (tertiary/aromatic N) is 1. The lowest BCUT2D eigenvalue weighted by Gasteiger charge is -2.14. The molecule has 33 heavy (non-hydrogen) atoms. The summed E-state index contributed by atoms with van der Waals surface area (Å²) >= 11 is 0. The van der Waals surface area contributed by atoms with Gasteiger partial charge in [-0.3, -0.25) is 4.79 Å². The minimum absolute atomic E-state index is 0. The van der Waals surface area contributed by atoms with Crippen LogP contribution in [0.15, 0.2) is 77.9 Å². The Morgan fingerprint density at radius 3 is 2.33 bits per heavy atom. The Morgan fingerprint density at radius 2 is 1.64 bits per heavy atom. The highest BCUT2D eigenvalue weighted by Crippen LogP contribution is 2.26. The third-order valence-corrected chi connectivity index (χ3v) is 4.84. The second kappa shape index (κ2) is 13.8. The molecule has 0 fully saturated rings. The van der Waals surface area contributed by atoms with Crippen LogP contribution in [-0.4, -0.2) is 25.3 Å². The summed E-state index contributed by atoms with van der Waals surface area (Å²) in [7, 11) is 0. The maximum Gasteiger partial charge on any atom is 0.255 e. The molecular weight excluding hydrogens is 438 g/mol. The lowest BCUT2D eigenvalue weighted by atomic mass is 10.1. The number of amides is 1. The van der Waals surface area contributed by atoms with Crippen LogP contribution in [0.4, 0.5) is 5.69 Å². The van der Waals surface area contributed by atoms with Gasteiger partial charge in [0.2, 0.25) is 0 Å². The van der Waals surface area contributed by atoms with E-state index in [4.69, 9.17) is 15.3 Å². The van der Waals surface area contributed by atoms with Crippen LogP contribution >= 0.6 is 12.4 Å². The van der Waals surface area contributed by atoms with Crippen LogP contribution in [0, 0.1) is 6.92 Å². The molecule has 6 nitrogen and oxygen atoms in total. The highest BCUT2D eigenvalue weighted by molar-refractivity contribution is 6.05. The first-order valence-electron chi connectivity index (χ1n) is 10.7. The van der Waals surface area contributed by atoms with Gasteiger partial charge < -0.3 is 20.6 Å². The summed E-state index contributed by atoms with van der Waals surface area (Å²) in [5.41, 5.74) is 3.31. The second-order valence-electron chi connectivity index (χ2n) is 7.42. The van der Waals surface area contributed by atoms with Crippen molar-refractivity contribution >= 4 is 30.2 Å². The number of hydrogen-bond donors (Lipinski definition) is 2. The molecule has 0 bridgehead atoms. The number of hydrazone groups is 1. The van der Waals surface area contributed by atoms with E-state index in [9.17, 15) is 4.79 Å². The molecule has 3 N–H and O–H groups in total. The van der Waals surface area contributed by atoms with Crippen molar-refractivity contribution in [2.45, 2.75) is 26.2 Å². The molecule has 0 radical (unpaired) electrons. The number of ether oxygens (including phenoxy) is 2. The van der Waals surface area contributed by atoms with Gasteiger partial charge in [-0.2, -0.15) is 5.10 Å². The topological polar surface area (TPSA) is 85.9 Å². The van der Waals surface area contributed by atoms with Gasteiger partial charge in [0.15, 0.2) is 0 Å². The fraction of sp³-hybridized carbons (Fsp3) is 0.231. The van der Waals surface area contributed by atoms with E-state index in [0.717, 1.165) is 36.1 Å². The van der Waals surface area contributed by atoms with E-state index in [1.807, 2.05) is 67.6 Å². The number of halogens is 1. The van der Waals surface area contributed by atoms with Gasteiger partial charge in [0.25, 0.3) is 5.91 Å². The summed E-state index contributed by atoms with van der Waals surface area (Å²) in [6.45, 7) is 3.22. The van der Waals surface area contributed by atoms with E-state index >= 15 is 0 Å². The SMILES string of the molecule is Cc1ccc(NC(=O)c2ccccc2)c(OCCCCCOc2ccc(/C=N/N)cc2)c1.Cl. The molecule has 0 aliphatic rings. The highest BCUT2D eigenvalue weighted by Gasteiger charge is 2.10. The molecule has 1 amide bonds. The summed E-state index contributed by atoms with van der Waals surface area (Å²) < 4.78 is 11.7. The normalized spacial score (nSPS) is 10.5. The van der Waals surface area contributed by atoms with Crippen molar-refractivity contribution in [3.05, 3.63) is 89.5 Å². The van der Waals surface area contributed by atoms with Gasteiger partial charge >= 0.3 is 0 Å². The van der Waals surface area contributed by atoms with Crippen molar-refractivity contribution in [1.29, 1.82) is 0 Å². The number of anilines is 1. The summed E-state index contributed by atoms with van der Waals surface area (Å²) in [4.78, 5) is 12.5. The average Bonchev–Trinajstić information content (AvgIpc) is 2.82. The Balaban J connectivity index is 0.00000385. The molecule has 0 spiro atoms. The zero-order valence-electron chi connectivity index (χ0n) is 18.7. The number of nitrogens with two attached hydrogens (primary N) is 1. The summed E-state index contributed by atoms with van der Waals surface area (Å²) in [5.74, 6) is 6.51. The number of carbonyl (C=O) groups is 1. The lowest BCUT2D eigenvalue weighted by molar-refractivity contribution is 0.102. The van der Waals surface area contributed by atoms with Crippen LogP contribution < -0.4 is 20.6 Å². The van der Waals surface area contributed by atoms with Crippen LogP contribution in [0.25, 0.3) is 0 Å². The molecule has 3 aromatic carbocycles. The molecule has 0 aromatic heterocycles. The van der Waals surface area contributed by atoms with E-state index in [1.165, 1.54) is 0 Å². The molecule has 0 aliphatic carbocycles. The van der Waals surface area contributed by atoms with Crippen molar-refractivity contribution < 1.29 is 14.3 Å². The van der Waals surface area contributed by atoms with Gasteiger partial charge in [-0.15, -0.1) is 12.4 Å². The Labute approximate surface area is 201 Å². The Kier molecular flexibility index (Phi) is 10.8. The Bertz CT molecular complexity index is 1020. The number of nitrogens with one attached hydrogen (secondary N) is 1. The van der Waals surface area contributed by atoms with Gasteiger partial charge in [0.1, 0.15) is 11.5 Å². The molecular formula is C26H30ClN3O3. The third kappa shape index (κ3) is 8.50. The predicted molar refractivity (Wildman–Crippen MR) is 136 cm³/mol. The minimum Gasteiger partial charge on any atom is -0.494 e. The largest absolute Gasteiger partial charge is 0.494 e. The van der Waals surface area contributed by atoms with Crippen LogP contribution in [0.5, 0.6) is 11.5 Å². The number of aryl methyl sites for hydroxylation is 1. The van der Waals surface area contributed by atoms with Crippen molar-refractivity contribution in [1.82, 2.24) is 0 Å². The monoisotopic (exact) mass is 467 g/mol. The van der Waals surface area contributed by atoms with Crippen LogP contribution in [0.1, 0.15) is 40.7 Å². The molecule has 3 rings (SSSR count). The van der Waals surface area contributed by atoms with Crippen molar-refractivity contribution in [3.63, 3.8) is 0 Å². The molecule has 0 heterocycles. The lowest BCUT2D eigenvalue weighted by Crippen LogP contribution is -2.13. The molecule has 7 heteroatoms. The molecule has 0 saturated heterocycles. The average molecular weight is 468 g/mol. The molecule has 0 saturated carbocycles. The first kappa shape index (κ1) is 25.7. The maximum atomic E-state index is 12.5. The number of benzene rings is 3. The van der Waals surface area contributed by atoms with Gasteiger partial charge in [-0.25, -0.2) is 0 Å². The summed E-state index contributed by atoms with van der Waals surface area (Å²) in [6.07, 6.45) is 4.40. The van der Waals surface area contributed by atoms with Gasteiger partial charge in [0, 0.05) is 5.56 Å². The molecule has 0 aliphatic heterocycles. The zero-order valence-corrected chi connectivity index (χ0v) is 19.5. The number of hydrogen-bond acceptors (Lipinski definition) is 5. The maximum absolute atomic E-state index is 12.5. The first-order chi connectivity index (χ1) is 15.7. The van der Waals surface area contributed by atoms with E-state index in [0.29, 0.717) is 30.2 Å². The van der Waals surface area contributed by atoms with E-state index in [1.54, 1.807) is 18.3 Å². The smallest absolute Gasteiger partial charge is 0.255 e. The van der Waals surface area contributed by atoms with Gasteiger partial charge in [-0.05, 0) is 85.8 Å². The quantitative estimate of drug-likeness (QED) is 0.166. The fourth-order valence-corrected chi connectivity index (χ4v) is 3.13. The number of unbranched alkanes of at least 4 members (excludes halogenated alkanes) is 2. The highest BCUT2D eigenvalue weighted by atomic mass is 35.5. The minimum atomic E-state index is -0.153. The molecule has 174 valence electrons. The first-order valence-corrected chi connectivity index (χ1v) is 10.7. The zero-order chi connectivity index (χ0) is 22.6. The summed E-state index contributed by atoms with van der Waals surface area (Å²) in [5, 5.41) is 6.45. The van der Waals surface area contributed by atoms with Gasteiger partial charge in [-0.1, -0.05) is 24.3 Å². The standard InChI is InChI=1S/C26H29N3O3.ClH/c1-20-10-15-24(29-26(30)22-8-4-2-5-9-22)25(18-20)32-17-7-3-6-16-31-23-13-11-21(12-14-23)19-28-27;/h2,4-5,8-15,18-19H,3,6-7,16-17,27H2,1H3,(H,29,30);1H/b28-19+;. The Morgan fingerprint density at radius 1 is 0.939 bits per heavy atom. The second-order valence-corrected chi connectivity index (χ2v) is 7.42. The molecule has 0 atom stereocenters. The predicted octanol–water partition coefficient (Wildman–Crippen LogP) is 5.59. The van der Waals surface area contributed by atoms with Gasteiger partial charge in [0.05, 0.1) is 25.1 Å². The Hall–Kier alpha value is -3.51.